The van der Waals surface area contributed by atoms with Crippen molar-refractivity contribution in [2.24, 2.45) is 17.3 Å². The lowest BCUT2D eigenvalue weighted by Crippen LogP contribution is -2.61. The Morgan fingerprint density at radius 3 is 2.19 bits per heavy atom. The summed E-state index contributed by atoms with van der Waals surface area (Å²) in [6.07, 6.45) is 2.90. The molecule has 0 aromatic heterocycles. The average molecular weight is 386 g/mol. The molecule has 0 amide bonds. The number of rotatable bonds is 8. The van der Waals surface area contributed by atoms with Crippen LogP contribution < -0.4 is 5.32 Å². The van der Waals surface area contributed by atoms with Crippen LogP contribution in [0.1, 0.15) is 81.6 Å². The summed E-state index contributed by atoms with van der Waals surface area (Å²) in [5.41, 5.74) is 0.329. The average Bonchev–Trinajstić information content (AvgIpc) is 2.50. The van der Waals surface area contributed by atoms with Crippen LogP contribution in [-0.2, 0) is 19.0 Å². The summed E-state index contributed by atoms with van der Waals surface area (Å²) in [7, 11) is 0. The summed E-state index contributed by atoms with van der Waals surface area (Å²) in [5.74, 6) is 0.344. The molecule has 5 heteroatoms. The summed E-state index contributed by atoms with van der Waals surface area (Å²) < 4.78 is 17.7. The fourth-order valence-electron chi connectivity index (χ4n) is 3.48. The fourth-order valence-corrected chi connectivity index (χ4v) is 3.48. The van der Waals surface area contributed by atoms with Crippen LogP contribution in [-0.4, -0.2) is 43.2 Å². The normalized spacial score (nSPS) is 29.6. The molecule has 5 atom stereocenters. The van der Waals surface area contributed by atoms with E-state index in [4.69, 9.17) is 14.2 Å². The molecule has 0 aromatic carbocycles. The number of hydrogen-bond donors (Lipinski definition) is 1. The van der Waals surface area contributed by atoms with Gasteiger partial charge in [-0.2, -0.15) is 0 Å². The first-order chi connectivity index (χ1) is 12.3. The SMILES string of the molecule is CC(=O)OCC1O[C@@H](OCCCCC(C)(C)C)C(NC(C)(C)C)[C@@H](C)C1C. The van der Waals surface area contributed by atoms with E-state index in [-0.39, 0.29) is 42.5 Å². The fraction of sp³-hybridized carbons (Fsp3) is 0.955. The molecule has 0 bridgehead atoms. The Kier molecular flexibility index (Phi) is 9.23. The maximum atomic E-state index is 11.2. The standard InChI is InChI=1S/C22H43NO4/c1-15-16(2)19(23-22(7,8)9)20(27-18(15)14-26-17(3)24)25-13-11-10-12-21(4,5)6/h15-16,18-20,23H,10-14H2,1-9H3/t15?,16-,18?,19?,20+/m0/s1. The van der Waals surface area contributed by atoms with Gasteiger partial charge in [0.05, 0.1) is 12.1 Å². The molecule has 1 N–H and O–H groups in total. The summed E-state index contributed by atoms with van der Waals surface area (Å²) in [6, 6.07) is 0.108. The van der Waals surface area contributed by atoms with Gasteiger partial charge in [-0.05, 0) is 50.9 Å². The largest absolute Gasteiger partial charge is 0.463 e. The third kappa shape index (κ3) is 9.40. The second kappa shape index (κ2) is 10.2. The van der Waals surface area contributed by atoms with Crippen molar-refractivity contribution in [3.63, 3.8) is 0 Å². The second-order valence-corrected chi connectivity index (χ2v) is 10.4. The van der Waals surface area contributed by atoms with Gasteiger partial charge >= 0.3 is 5.97 Å². The van der Waals surface area contributed by atoms with E-state index in [1.807, 2.05) is 0 Å². The van der Waals surface area contributed by atoms with Crippen LogP contribution in [0.5, 0.6) is 0 Å². The first-order valence-electron chi connectivity index (χ1n) is 10.5. The van der Waals surface area contributed by atoms with Crippen LogP contribution in [0.4, 0.5) is 0 Å². The minimum atomic E-state index is -0.328. The van der Waals surface area contributed by atoms with Crippen LogP contribution in [0.15, 0.2) is 0 Å². The summed E-state index contributed by atoms with van der Waals surface area (Å²) >= 11 is 0. The summed E-state index contributed by atoms with van der Waals surface area (Å²) in [5, 5.41) is 3.68. The maximum Gasteiger partial charge on any atom is 0.302 e. The molecule has 0 spiro atoms. The van der Waals surface area contributed by atoms with Gasteiger partial charge in [0.15, 0.2) is 6.29 Å². The zero-order chi connectivity index (χ0) is 20.8. The Bertz CT molecular complexity index is 452. The van der Waals surface area contributed by atoms with Crippen molar-refractivity contribution in [1.29, 1.82) is 0 Å². The lowest BCUT2D eigenvalue weighted by Gasteiger charge is -2.46. The number of carbonyl (C=O) groups excluding carboxylic acids is 1. The van der Waals surface area contributed by atoms with Crippen molar-refractivity contribution < 1.29 is 19.0 Å². The van der Waals surface area contributed by atoms with Crippen molar-refractivity contribution in [2.75, 3.05) is 13.2 Å². The van der Waals surface area contributed by atoms with Crippen LogP contribution in [0.3, 0.4) is 0 Å². The van der Waals surface area contributed by atoms with Crippen LogP contribution in [0, 0.1) is 17.3 Å². The number of esters is 1. The molecule has 5 nitrogen and oxygen atoms in total. The van der Waals surface area contributed by atoms with E-state index in [9.17, 15) is 4.79 Å². The molecule has 1 heterocycles. The number of unbranched alkanes of at least 4 members (excludes halogenated alkanes) is 1. The van der Waals surface area contributed by atoms with Gasteiger partial charge < -0.3 is 19.5 Å². The molecule has 1 aliphatic rings. The van der Waals surface area contributed by atoms with Crippen LogP contribution in [0.2, 0.25) is 0 Å². The predicted molar refractivity (Wildman–Crippen MR) is 110 cm³/mol. The molecule has 1 rings (SSSR count). The molecule has 0 aromatic rings. The number of hydrogen-bond acceptors (Lipinski definition) is 5. The third-order valence-electron chi connectivity index (χ3n) is 5.24. The van der Waals surface area contributed by atoms with E-state index < -0.39 is 0 Å². The highest BCUT2D eigenvalue weighted by Crippen LogP contribution is 2.33. The highest BCUT2D eigenvalue weighted by Gasteiger charge is 2.43. The highest BCUT2D eigenvalue weighted by atomic mass is 16.7. The quantitative estimate of drug-likeness (QED) is 0.491. The van der Waals surface area contributed by atoms with Crippen LogP contribution in [0.25, 0.3) is 0 Å². The maximum absolute atomic E-state index is 11.2. The molecule has 0 aliphatic carbocycles. The molecule has 0 radical (unpaired) electrons. The minimum Gasteiger partial charge on any atom is -0.463 e. The van der Waals surface area contributed by atoms with Crippen molar-refractivity contribution in [2.45, 2.75) is 106 Å². The second-order valence-electron chi connectivity index (χ2n) is 10.4. The van der Waals surface area contributed by atoms with E-state index in [1.54, 1.807) is 0 Å². The first-order valence-corrected chi connectivity index (χ1v) is 10.5. The molecule has 160 valence electrons. The molecule has 3 unspecified atom stereocenters. The molecular weight excluding hydrogens is 342 g/mol. The molecule has 1 aliphatic heterocycles. The molecule has 1 saturated heterocycles. The third-order valence-corrected chi connectivity index (χ3v) is 5.24. The van der Waals surface area contributed by atoms with Crippen molar-refractivity contribution in [3.8, 4) is 0 Å². The Morgan fingerprint density at radius 1 is 1.04 bits per heavy atom. The van der Waals surface area contributed by atoms with Crippen LogP contribution >= 0.6 is 0 Å². The van der Waals surface area contributed by atoms with Gasteiger partial charge in [-0.1, -0.05) is 41.0 Å². The predicted octanol–water partition coefficient (Wildman–Crippen LogP) is 4.54. The molecule has 0 saturated carbocycles. The zero-order valence-corrected chi connectivity index (χ0v) is 19.1. The van der Waals surface area contributed by atoms with Crippen molar-refractivity contribution in [1.82, 2.24) is 5.32 Å². The molecule has 1 fully saturated rings. The summed E-state index contributed by atoms with van der Waals surface area (Å²) in [6.45, 7) is 20.1. The van der Waals surface area contributed by atoms with Gasteiger partial charge in [-0.15, -0.1) is 0 Å². The minimum absolute atomic E-state index is 0.0292. The number of carbonyl (C=O) groups is 1. The monoisotopic (exact) mass is 385 g/mol. The molecular formula is C22H43NO4. The first kappa shape index (κ1) is 24.4. The summed E-state index contributed by atoms with van der Waals surface area (Å²) in [4.78, 5) is 11.2. The lowest BCUT2D eigenvalue weighted by molar-refractivity contribution is -0.247. The van der Waals surface area contributed by atoms with E-state index in [0.29, 0.717) is 17.9 Å². The van der Waals surface area contributed by atoms with E-state index in [1.165, 1.54) is 13.3 Å². The highest BCUT2D eigenvalue weighted by molar-refractivity contribution is 5.65. The lowest BCUT2D eigenvalue weighted by atomic mass is 9.81. The zero-order valence-electron chi connectivity index (χ0n) is 19.1. The number of nitrogens with one attached hydrogen (secondary N) is 1. The van der Waals surface area contributed by atoms with Gasteiger partial charge in [0.25, 0.3) is 0 Å². The Labute approximate surface area is 166 Å². The van der Waals surface area contributed by atoms with Gasteiger partial charge in [0.2, 0.25) is 0 Å². The van der Waals surface area contributed by atoms with Gasteiger partial charge in [-0.3, -0.25) is 4.79 Å². The smallest absolute Gasteiger partial charge is 0.302 e. The Hall–Kier alpha value is -0.650. The van der Waals surface area contributed by atoms with Gasteiger partial charge in [-0.25, -0.2) is 0 Å². The molecule has 27 heavy (non-hydrogen) atoms. The number of ether oxygens (including phenoxy) is 3. The van der Waals surface area contributed by atoms with Gasteiger partial charge in [0, 0.05) is 19.1 Å². The Morgan fingerprint density at radius 2 is 1.67 bits per heavy atom. The van der Waals surface area contributed by atoms with Crippen molar-refractivity contribution in [3.05, 3.63) is 0 Å². The Balaban J connectivity index is 2.70. The van der Waals surface area contributed by atoms with Crippen molar-refractivity contribution >= 4 is 5.97 Å². The van der Waals surface area contributed by atoms with Gasteiger partial charge in [0.1, 0.15) is 6.61 Å². The van der Waals surface area contributed by atoms with E-state index in [2.05, 4.69) is 60.7 Å². The van der Waals surface area contributed by atoms with E-state index in [0.717, 1.165) is 12.8 Å². The van der Waals surface area contributed by atoms with E-state index >= 15 is 0 Å². The topological polar surface area (TPSA) is 56.8 Å².